The molecule has 3 heterocycles. The highest BCUT2D eigenvalue weighted by Gasteiger charge is 2.19. The fourth-order valence-corrected chi connectivity index (χ4v) is 3.28. The van der Waals surface area contributed by atoms with Crippen molar-refractivity contribution >= 4 is 23.1 Å². The summed E-state index contributed by atoms with van der Waals surface area (Å²) in [5, 5.41) is 7.34. The van der Waals surface area contributed by atoms with E-state index < -0.39 is 11.9 Å². The number of benzene rings is 1. The number of hydrogen-bond donors (Lipinski definition) is 2. The molecule has 3 N–H and O–H groups in total. The van der Waals surface area contributed by atoms with Gasteiger partial charge in [0.15, 0.2) is 11.5 Å². The summed E-state index contributed by atoms with van der Waals surface area (Å²) in [6, 6.07) is 14.5. The lowest BCUT2D eigenvalue weighted by atomic mass is 10.1. The molecule has 162 valence electrons. The van der Waals surface area contributed by atoms with E-state index in [1.807, 2.05) is 24.3 Å². The van der Waals surface area contributed by atoms with Crippen molar-refractivity contribution in [2.24, 2.45) is 5.73 Å². The molecule has 0 fully saturated rings. The average molecular weight is 430 g/mol. The monoisotopic (exact) mass is 430 g/mol. The molecular weight excluding hydrogens is 408 g/mol. The van der Waals surface area contributed by atoms with Crippen LogP contribution in [0.4, 0.5) is 5.69 Å². The predicted molar refractivity (Wildman–Crippen MR) is 119 cm³/mol. The first-order valence-corrected chi connectivity index (χ1v) is 10.1. The molecule has 0 spiro atoms. The molecule has 32 heavy (non-hydrogen) atoms. The van der Waals surface area contributed by atoms with Crippen molar-refractivity contribution in [1.29, 1.82) is 0 Å². The first kappa shape index (κ1) is 21.1. The topological polar surface area (TPSA) is 124 Å². The third-order valence-electron chi connectivity index (χ3n) is 4.78. The molecule has 0 radical (unpaired) electrons. The van der Waals surface area contributed by atoms with E-state index >= 15 is 0 Å². The van der Waals surface area contributed by atoms with E-state index in [0.717, 1.165) is 11.1 Å². The van der Waals surface area contributed by atoms with Crippen LogP contribution in [0.1, 0.15) is 28.7 Å². The Morgan fingerprint density at radius 3 is 2.84 bits per heavy atom. The molecule has 0 aliphatic rings. The molecule has 9 nitrogen and oxygen atoms in total. The molecule has 0 saturated heterocycles. The van der Waals surface area contributed by atoms with Crippen LogP contribution in [0.25, 0.3) is 16.9 Å². The Bertz CT molecular complexity index is 1280. The number of esters is 1. The number of carbonyl (C=O) groups excluding carboxylic acids is 2. The van der Waals surface area contributed by atoms with Crippen LogP contribution in [0.5, 0.6) is 0 Å². The van der Waals surface area contributed by atoms with Crippen molar-refractivity contribution in [1.82, 2.24) is 19.6 Å². The second kappa shape index (κ2) is 9.36. The Morgan fingerprint density at radius 2 is 2.03 bits per heavy atom. The van der Waals surface area contributed by atoms with Crippen LogP contribution in [-0.2, 0) is 22.5 Å². The quantitative estimate of drug-likeness (QED) is 0.432. The SMILES string of the molecule is CCOC(=O)Cc1ncccc1NC(=O)c1nc(-c2cccc(CN)c2)nn2cccc12. The largest absolute Gasteiger partial charge is 0.466 e. The predicted octanol–water partition coefficient (Wildman–Crippen LogP) is 2.61. The number of nitrogens with one attached hydrogen (secondary N) is 1. The highest BCUT2D eigenvalue weighted by atomic mass is 16.5. The third kappa shape index (κ3) is 4.47. The summed E-state index contributed by atoms with van der Waals surface area (Å²) in [5.41, 5.74) is 9.02. The van der Waals surface area contributed by atoms with Gasteiger partial charge in [-0.15, -0.1) is 5.10 Å². The van der Waals surface area contributed by atoms with Gasteiger partial charge in [0.25, 0.3) is 5.91 Å². The number of hydrogen-bond acceptors (Lipinski definition) is 7. The molecule has 0 bridgehead atoms. The standard InChI is InChI=1S/C23H22N6O3/c1-2-32-20(30)13-18-17(8-4-10-25-18)26-23(31)21-19-9-5-11-29(19)28-22(27-21)16-7-3-6-15(12-16)14-24/h3-12H,2,13-14,24H2,1H3,(H,26,31). The van der Waals surface area contributed by atoms with Crippen molar-refractivity contribution in [3.8, 4) is 11.4 Å². The van der Waals surface area contributed by atoms with Crippen LogP contribution >= 0.6 is 0 Å². The molecule has 0 aliphatic heterocycles. The first-order valence-electron chi connectivity index (χ1n) is 10.1. The lowest BCUT2D eigenvalue weighted by molar-refractivity contribution is -0.142. The van der Waals surface area contributed by atoms with Crippen molar-refractivity contribution in [2.45, 2.75) is 19.9 Å². The van der Waals surface area contributed by atoms with Crippen molar-refractivity contribution in [3.05, 3.63) is 77.9 Å². The highest BCUT2D eigenvalue weighted by molar-refractivity contribution is 6.08. The van der Waals surface area contributed by atoms with Gasteiger partial charge in [-0.25, -0.2) is 9.50 Å². The molecule has 4 rings (SSSR count). The Morgan fingerprint density at radius 1 is 1.16 bits per heavy atom. The van der Waals surface area contributed by atoms with E-state index in [0.29, 0.717) is 29.3 Å². The number of amides is 1. The van der Waals surface area contributed by atoms with Crippen molar-refractivity contribution in [3.63, 3.8) is 0 Å². The minimum Gasteiger partial charge on any atom is -0.466 e. The molecule has 0 unspecified atom stereocenters. The highest BCUT2D eigenvalue weighted by Crippen LogP contribution is 2.21. The number of nitrogens with zero attached hydrogens (tertiary/aromatic N) is 4. The molecule has 9 heteroatoms. The molecular formula is C23H22N6O3. The molecule has 1 aromatic carbocycles. The van der Waals surface area contributed by atoms with E-state index in [2.05, 4.69) is 20.4 Å². The maximum absolute atomic E-state index is 13.2. The number of anilines is 1. The average Bonchev–Trinajstić information content (AvgIpc) is 3.28. The van der Waals surface area contributed by atoms with Crippen LogP contribution in [-0.4, -0.2) is 38.1 Å². The van der Waals surface area contributed by atoms with Crippen LogP contribution in [0.2, 0.25) is 0 Å². The van der Waals surface area contributed by atoms with E-state index in [-0.39, 0.29) is 18.7 Å². The summed E-state index contributed by atoms with van der Waals surface area (Å²) in [6.45, 7) is 2.39. The van der Waals surface area contributed by atoms with Gasteiger partial charge in [-0.05, 0) is 42.8 Å². The van der Waals surface area contributed by atoms with Crippen LogP contribution < -0.4 is 11.1 Å². The summed E-state index contributed by atoms with van der Waals surface area (Å²) in [7, 11) is 0. The van der Waals surface area contributed by atoms with Crippen molar-refractivity contribution in [2.75, 3.05) is 11.9 Å². The van der Waals surface area contributed by atoms with Gasteiger partial charge in [-0.1, -0.05) is 18.2 Å². The van der Waals surface area contributed by atoms with Crippen LogP contribution in [0.15, 0.2) is 60.9 Å². The van der Waals surface area contributed by atoms with Crippen LogP contribution in [0, 0.1) is 0 Å². The second-order valence-electron chi connectivity index (χ2n) is 6.96. The number of nitrogens with two attached hydrogens (primary N) is 1. The summed E-state index contributed by atoms with van der Waals surface area (Å²) in [4.78, 5) is 33.9. The van der Waals surface area contributed by atoms with Gasteiger partial charge in [0.2, 0.25) is 0 Å². The Labute approximate surface area is 184 Å². The van der Waals surface area contributed by atoms with Crippen LogP contribution in [0.3, 0.4) is 0 Å². The van der Waals surface area contributed by atoms with Gasteiger partial charge in [-0.3, -0.25) is 14.6 Å². The molecule has 4 aromatic rings. The maximum atomic E-state index is 13.2. The van der Waals surface area contributed by atoms with Crippen molar-refractivity contribution < 1.29 is 14.3 Å². The van der Waals surface area contributed by atoms with E-state index in [9.17, 15) is 9.59 Å². The van der Waals surface area contributed by atoms with E-state index in [1.54, 1.807) is 48.1 Å². The number of aromatic nitrogens is 4. The molecule has 3 aromatic heterocycles. The number of rotatable bonds is 7. The number of ether oxygens (including phenoxy) is 1. The van der Waals surface area contributed by atoms with Gasteiger partial charge >= 0.3 is 5.97 Å². The zero-order chi connectivity index (χ0) is 22.5. The number of fused-ring (bicyclic) bond motifs is 1. The Kier molecular flexibility index (Phi) is 6.18. The summed E-state index contributed by atoms with van der Waals surface area (Å²) in [6.07, 6.45) is 3.26. The van der Waals surface area contributed by atoms with Gasteiger partial charge in [-0.2, -0.15) is 0 Å². The Balaban J connectivity index is 1.69. The lowest BCUT2D eigenvalue weighted by Gasteiger charge is -2.11. The number of pyridine rings is 1. The van der Waals surface area contributed by atoms with E-state index in [4.69, 9.17) is 10.5 Å². The molecule has 1 amide bonds. The zero-order valence-electron chi connectivity index (χ0n) is 17.5. The molecule has 0 aliphatic carbocycles. The van der Waals surface area contributed by atoms with E-state index in [1.165, 1.54) is 0 Å². The summed E-state index contributed by atoms with van der Waals surface area (Å²) < 4.78 is 6.60. The minimum atomic E-state index is -0.439. The lowest BCUT2D eigenvalue weighted by Crippen LogP contribution is -2.19. The smallest absolute Gasteiger partial charge is 0.311 e. The van der Waals surface area contributed by atoms with Gasteiger partial charge in [0, 0.05) is 24.5 Å². The fourth-order valence-electron chi connectivity index (χ4n) is 3.28. The van der Waals surface area contributed by atoms with Gasteiger partial charge < -0.3 is 15.8 Å². The molecule has 0 saturated carbocycles. The second-order valence-corrected chi connectivity index (χ2v) is 6.96. The summed E-state index contributed by atoms with van der Waals surface area (Å²) in [5.74, 6) is -0.461. The summed E-state index contributed by atoms with van der Waals surface area (Å²) >= 11 is 0. The fraction of sp³-hybridized carbons (Fsp3) is 0.174. The minimum absolute atomic E-state index is 0.0499. The van der Waals surface area contributed by atoms with Gasteiger partial charge in [0.1, 0.15) is 0 Å². The number of carbonyl (C=O) groups is 2. The Hall–Kier alpha value is -4.11. The zero-order valence-corrected chi connectivity index (χ0v) is 17.5. The first-order chi connectivity index (χ1) is 15.6. The molecule has 0 atom stereocenters. The van der Waals surface area contributed by atoms with Gasteiger partial charge in [0.05, 0.1) is 29.9 Å². The normalized spacial score (nSPS) is 10.8. The third-order valence-corrected chi connectivity index (χ3v) is 4.78. The maximum Gasteiger partial charge on any atom is 0.311 e.